The number of anilines is 1. The van der Waals surface area contributed by atoms with Crippen LogP contribution in [0.15, 0.2) is 71.3 Å². The average molecular weight is 369 g/mol. The second kappa shape index (κ2) is 8.21. The lowest BCUT2D eigenvalue weighted by Crippen LogP contribution is -2.34. The number of furan rings is 1. The van der Waals surface area contributed by atoms with E-state index in [1.165, 1.54) is 0 Å². The Labute approximate surface area is 158 Å². The highest BCUT2D eigenvalue weighted by molar-refractivity contribution is 6.31. The van der Waals surface area contributed by atoms with Crippen LogP contribution in [0.3, 0.4) is 0 Å². The number of carbonyl (C=O) groups excluding carboxylic acids is 1. The number of halogens is 1. The summed E-state index contributed by atoms with van der Waals surface area (Å²) in [5.74, 6) is 0.617. The standard InChI is InChI=1S/C21H21ClN2O2/c1-14-10-11-17(13-18(14)22)24-21(25)20(16-7-4-3-5-8-16)23-15(2)19-9-6-12-26-19/h3-13,15,20,23H,1-2H3,(H,24,25)/t15-,20-/m1/s1. The molecule has 1 heterocycles. The van der Waals surface area contributed by atoms with Crippen LogP contribution in [0.25, 0.3) is 0 Å². The first-order valence-electron chi connectivity index (χ1n) is 8.46. The van der Waals surface area contributed by atoms with Gasteiger partial charge in [-0.2, -0.15) is 0 Å². The molecule has 2 N–H and O–H groups in total. The summed E-state index contributed by atoms with van der Waals surface area (Å²) in [5, 5.41) is 6.91. The van der Waals surface area contributed by atoms with Gasteiger partial charge in [0.15, 0.2) is 0 Å². The van der Waals surface area contributed by atoms with Crippen LogP contribution in [0, 0.1) is 6.92 Å². The highest BCUT2D eigenvalue weighted by Crippen LogP contribution is 2.24. The number of amides is 1. The molecule has 2 atom stereocenters. The molecule has 26 heavy (non-hydrogen) atoms. The molecule has 1 aromatic heterocycles. The van der Waals surface area contributed by atoms with Gasteiger partial charge in [-0.25, -0.2) is 0 Å². The maximum absolute atomic E-state index is 13.0. The minimum Gasteiger partial charge on any atom is -0.468 e. The summed E-state index contributed by atoms with van der Waals surface area (Å²) in [4.78, 5) is 13.0. The molecule has 134 valence electrons. The van der Waals surface area contributed by atoms with Crippen LogP contribution in [0.2, 0.25) is 5.02 Å². The van der Waals surface area contributed by atoms with Crippen LogP contribution in [0.5, 0.6) is 0 Å². The summed E-state index contributed by atoms with van der Waals surface area (Å²) in [6, 6.07) is 18.2. The van der Waals surface area contributed by atoms with Crippen molar-refractivity contribution in [3.63, 3.8) is 0 Å². The predicted octanol–water partition coefficient (Wildman–Crippen LogP) is 5.27. The topological polar surface area (TPSA) is 54.3 Å². The molecule has 0 bridgehead atoms. The Morgan fingerprint density at radius 1 is 1.08 bits per heavy atom. The zero-order chi connectivity index (χ0) is 18.5. The first-order chi connectivity index (χ1) is 12.5. The van der Waals surface area contributed by atoms with E-state index >= 15 is 0 Å². The lowest BCUT2D eigenvalue weighted by molar-refractivity contribution is -0.118. The van der Waals surface area contributed by atoms with E-state index in [0.29, 0.717) is 10.7 Å². The Bertz CT molecular complexity index is 863. The lowest BCUT2D eigenvalue weighted by atomic mass is 10.0. The van der Waals surface area contributed by atoms with Crippen molar-refractivity contribution in [1.82, 2.24) is 5.32 Å². The number of rotatable bonds is 6. The van der Waals surface area contributed by atoms with Crippen molar-refractivity contribution in [2.45, 2.75) is 25.9 Å². The van der Waals surface area contributed by atoms with Crippen molar-refractivity contribution in [1.29, 1.82) is 0 Å². The van der Waals surface area contributed by atoms with E-state index in [2.05, 4.69) is 10.6 Å². The van der Waals surface area contributed by atoms with E-state index in [1.807, 2.05) is 68.4 Å². The molecule has 0 aliphatic heterocycles. The van der Waals surface area contributed by atoms with Gasteiger partial charge in [-0.15, -0.1) is 0 Å². The number of carbonyl (C=O) groups is 1. The van der Waals surface area contributed by atoms with E-state index < -0.39 is 6.04 Å². The summed E-state index contributed by atoms with van der Waals surface area (Å²) in [6.45, 7) is 3.89. The highest BCUT2D eigenvalue weighted by Gasteiger charge is 2.24. The third-order valence-corrected chi connectivity index (χ3v) is 4.63. The van der Waals surface area contributed by atoms with E-state index in [0.717, 1.165) is 16.9 Å². The summed E-state index contributed by atoms with van der Waals surface area (Å²) in [6.07, 6.45) is 1.62. The van der Waals surface area contributed by atoms with Crippen molar-refractivity contribution < 1.29 is 9.21 Å². The fraction of sp³-hybridized carbons (Fsp3) is 0.190. The normalized spacial score (nSPS) is 13.2. The SMILES string of the molecule is Cc1ccc(NC(=O)[C@H](N[C@H](C)c2ccco2)c2ccccc2)cc1Cl. The first-order valence-corrected chi connectivity index (χ1v) is 8.84. The Morgan fingerprint density at radius 2 is 1.85 bits per heavy atom. The molecule has 1 amide bonds. The number of nitrogens with one attached hydrogen (secondary N) is 2. The van der Waals surface area contributed by atoms with E-state index in [-0.39, 0.29) is 11.9 Å². The number of hydrogen-bond acceptors (Lipinski definition) is 3. The van der Waals surface area contributed by atoms with E-state index in [9.17, 15) is 4.79 Å². The van der Waals surface area contributed by atoms with Crippen molar-refractivity contribution in [2.24, 2.45) is 0 Å². The largest absolute Gasteiger partial charge is 0.468 e. The molecular formula is C21H21ClN2O2. The second-order valence-corrected chi connectivity index (χ2v) is 6.61. The minimum absolute atomic E-state index is 0.123. The molecular weight excluding hydrogens is 348 g/mol. The Morgan fingerprint density at radius 3 is 2.50 bits per heavy atom. The van der Waals surface area contributed by atoms with Crippen molar-refractivity contribution in [2.75, 3.05) is 5.32 Å². The lowest BCUT2D eigenvalue weighted by Gasteiger charge is -2.22. The van der Waals surface area contributed by atoms with Crippen molar-refractivity contribution >= 4 is 23.2 Å². The Balaban J connectivity index is 1.82. The molecule has 4 nitrogen and oxygen atoms in total. The first kappa shape index (κ1) is 18.2. The van der Waals surface area contributed by atoms with Crippen LogP contribution >= 0.6 is 11.6 Å². The summed E-state index contributed by atoms with van der Waals surface area (Å²) in [5.41, 5.74) is 2.51. The highest BCUT2D eigenvalue weighted by atomic mass is 35.5. The zero-order valence-corrected chi connectivity index (χ0v) is 15.5. The molecule has 3 rings (SSSR count). The molecule has 2 aromatic carbocycles. The molecule has 0 aliphatic carbocycles. The number of hydrogen-bond donors (Lipinski definition) is 2. The van der Waals surface area contributed by atoms with Gasteiger partial charge in [0.25, 0.3) is 0 Å². The van der Waals surface area contributed by atoms with Crippen molar-refractivity contribution in [3.05, 3.63) is 88.8 Å². The minimum atomic E-state index is -0.531. The van der Waals surface area contributed by atoms with E-state index in [1.54, 1.807) is 12.3 Å². The fourth-order valence-corrected chi connectivity index (χ4v) is 2.90. The summed E-state index contributed by atoms with van der Waals surface area (Å²) >= 11 is 6.17. The van der Waals surface area contributed by atoms with Gasteiger partial charge in [0.05, 0.1) is 12.3 Å². The monoisotopic (exact) mass is 368 g/mol. The van der Waals surface area contributed by atoms with Gasteiger partial charge in [-0.3, -0.25) is 10.1 Å². The number of aryl methyl sites for hydroxylation is 1. The van der Waals surface area contributed by atoms with Crippen molar-refractivity contribution in [3.8, 4) is 0 Å². The molecule has 0 saturated heterocycles. The van der Waals surface area contributed by atoms with Crippen LogP contribution in [0.1, 0.15) is 35.9 Å². The van der Waals surface area contributed by atoms with Gasteiger partial charge < -0.3 is 9.73 Å². The molecule has 0 saturated carbocycles. The molecule has 5 heteroatoms. The maximum atomic E-state index is 13.0. The molecule has 0 unspecified atom stereocenters. The van der Waals surface area contributed by atoms with Gasteiger partial charge in [0.2, 0.25) is 5.91 Å². The third-order valence-electron chi connectivity index (χ3n) is 4.22. The van der Waals surface area contributed by atoms with Crippen LogP contribution in [-0.2, 0) is 4.79 Å². The van der Waals surface area contributed by atoms with Gasteiger partial charge >= 0.3 is 0 Å². The van der Waals surface area contributed by atoms with Gasteiger partial charge in [-0.05, 0) is 49.2 Å². The molecule has 0 radical (unpaired) electrons. The fourth-order valence-electron chi connectivity index (χ4n) is 2.72. The van der Waals surface area contributed by atoms with Gasteiger partial charge in [-0.1, -0.05) is 48.0 Å². The smallest absolute Gasteiger partial charge is 0.246 e. The Kier molecular flexibility index (Phi) is 5.76. The molecule has 0 aliphatic rings. The summed E-state index contributed by atoms with van der Waals surface area (Å²) in [7, 11) is 0. The third kappa shape index (κ3) is 4.34. The second-order valence-electron chi connectivity index (χ2n) is 6.20. The van der Waals surface area contributed by atoms with Crippen LogP contribution in [0.4, 0.5) is 5.69 Å². The number of benzene rings is 2. The Hall–Kier alpha value is -2.56. The molecule has 0 fully saturated rings. The average Bonchev–Trinajstić information content (AvgIpc) is 3.18. The van der Waals surface area contributed by atoms with Crippen LogP contribution < -0.4 is 10.6 Å². The van der Waals surface area contributed by atoms with Gasteiger partial charge in [0.1, 0.15) is 11.8 Å². The maximum Gasteiger partial charge on any atom is 0.246 e. The van der Waals surface area contributed by atoms with Crippen LogP contribution in [-0.4, -0.2) is 5.91 Å². The predicted molar refractivity (Wildman–Crippen MR) is 104 cm³/mol. The zero-order valence-electron chi connectivity index (χ0n) is 14.7. The quantitative estimate of drug-likeness (QED) is 0.623. The molecule has 0 spiro atoms. The van der Waals surface area contributed by atoms with Gasteiger partial charge in [0, 0.05) is 10.7 Å². The van der Waals surface area contributed by atoms with E-state index in [4.69, 9.17) is 16.0 Å². The summed E-state index contributed by atoms with van der Waals surface area (Å²) < 4.78 is 5.45. The molecule has 3 aromatic rings.